The number of urea groups is 1. The lowest BCUT2D eigenvalue weighted by atomic mass is 9.86. The van der Waals surface area contributed by atoms with Crippen molar-refractivity contribution in [1.29, 1.82) is 0 Å². The van der Waals surface area contributed by atoms with Crippen LogP contribution in [-0.4, -0.2) is 29.4 Å². The molecule has 1 aromatic carbocycles. The number of anilines is 1. The molecule has 0 aromatic heterocycles. The molecule has 0 aliphatic heterocycles. The smallest absolute Gasteiger partial charge is 0.319 e. The number of thioether (sulfide) groups is 1. The van der Waals surface area contributed by atoms with Gasteiger partial charge in [0, 0.05) is 16.6 Å². The summed E-state index contributed by atoms with van der Waals surface area (Å²) in [4.78, 5) is 24.1. The fourth-order valence-corrected chi connectivity index (χ4v) is 3.06. The van der Waals surface area contributed by atoms with Crippen molar-refractivity contribution in [3.63, 3.8) is 0 Å². The lowest BCUT2D eigenvalue weighted by Crippen LogP contribution is -2.42. The Balaban J connectivity index is 1.87. The van der Waals surface area contributed by atoms with E-state index in [1.165, 1.54) is 0 Å². The van der Waals surface area contributed by atoms with Crippen LogP contribution in [-0.2, 0) is 4.79 Å². The maximum atomic E-state index is 12.0. The molecule has 0 bridgehead atoms. The summed E-state index contributed by atoms with van der Waals surface area (Å²) in [5.74, 6) is -1.11. The van der Waals surface area contributed by atoms with Gasteiger partial charge >= 0.3 is 12.0 Å². The zero-order valence-electron chi connectivity index (χ0n) is 12.0. The first-order valence-corrected chi connectivity index (χ1v) is 8.25. The Morgan fingerprint density at radius 3 is 2.86 bits per heavy atom. The van der Waals surface area contributed by atoms with Gasteiger partial charge in [0.2, 0.25) is 0 Å². The predicted molar refractivity (Wildman–Crippen MR) is 83.8 cm³/mol. The number of carbonyl (C=O) groups is 2. The summed E-state index contributed by atoms with van der Waals surface area (Å²) in [6.45, 7) is 0. The lowest BCUT2D eigenvalue weighted by Gasteiger charge is -2.27. The Kier molecular flexibility index (Phi) is 5.50. The quantitative estimate of drug-likeness (QED) is 0.747. The van der Waals surface area contributed by atoms with Crippen molar-refractivity contribution in [1.82, 2.24) is 5.32 Å². The predicted octanol–water partition coefficient (Wildman–Crippen LogP) is 3.17. The number of hydrogen-bond donors (Lipinski definition) is 3. The molecule has 0 heterocycles. The molecule has 2 amide bonds. The number of aliphatic carboxylic acids is 1. The minimum absolute atomic E-state index is 0.0661. The van der Waals surface area contributed by atoms with Crippen LogP contribution in [0.3, 0.4) is 0 Å². The topological polar surface area (TPSA) is 78.4 Å². The lowest BCUT2D eigenvalue weighted by molar-refractivity contribution is -0.143. The molecule has 2 unspecified atom stereocenters. The summed E-state index contributed by atoms with van der Waals surface area (Å²) >= 11 is 1.61. The highest BCUT2D eigenvalue weighted by molar-refractivity contribution is 7.98. The molecule has 3 N–H and O–H groups in total. The molecule has 2 rings (SSSR count). The summed E-state index contributed by atoms with van der Waals surface area (Å²) in [5, 5.41) is 14.7. The van der Waals surface area contributed by atoms with Crippen LogP contribution in [0.2, 0.25) is 0 Å². The first kappa shape index (κ1) is 15.7. The molecule has 1 aromatic rings. The van der Waals surface area contributed by atoms with Crippen LogP contribution in [0.5, 0.6) is 0 Å². The Morgan fingerprint density at radius 2 is 2.14 bits per heavy atom. The molecular weight excluding hydrogens is 288 g/mol. The molecule has 1 saturated carbocycles. The second-order valence-corrected chi connectivity index (χ2v) is 6.11. The van der Waals surface area contributed by atoms with Gasteiger partial charge in [-0.1, -0.05) is 12.5 Å². The van der Waals surface area contributed by atoms with Crippen LogP contribution >= 0.6 is 11.8 Å². The average molecular weight is 308 g/mol. The summed E-state index contributed by atoms with van der Waals surface area (Å²) in [6.07, 6.45) is 4.86. The molecule has 114 valence electrons. The fourth-order valence-electron chi connectivity index (χ4n) is 2.60. The van der Waals surface area contributed by atoms with Gasteiger partial charge in [0.05, 0.1) is 5.92 Å². The number of nitrogens with one attached hydrogen (secondary N) is 2. The van der Waals surface area contributed by atoms with Crippen molar-refractivity contribution in [2.24, 2.45) is 5.92 Å². The molecule has 21 heavy (non-hydrogen) atoms. The second-order valence-electron chi connectivity index (χ2n) is 5.23. The van der Waals surface area contributed by atoms with Gasteiger partial charge < -0.3 is 15.7 Å². The zero-order valence-corrected chi connectivity index (χ0v) is 12.8. The van der Waals surface area contributed by atoms with Gasteiger partial charge in [0.1, 0.15) is 0 Å². The van der Waals surface area contributed by atoms with Crippen molar-refractivity contribution in [2.75, 3.05) is 11.6 Å². The van der Waals surface area contributed by atoms with Crippen LogP contribution in [0.15, 0.2) is 29.2 Å². The van der Waals surface area contributed by atoms with E-state index in [9.17, 15) is 9.59 Å². The van der Waals surface area contributed by atoms with E-state index in [-0.39, 0.29) is 18.0 Å². The van der Waals surface area contributed by atoms with Crippen LogP contribution < -0.4 is 10.6 Å². The number of carboxylic acid groups (broad SMARTS) is 1. The summed E-state index contributed by atoms with van der Waals surface area (Å²) in [6, 6.07) is 7.27. The monoisotopic (exact) mass is 308 g/mol. The second kappa shape index (κ2) is 7.36. The van der Waals surface area contributed by atoms with Crippen LogP contribution in [0, 0.1) is 5.92 Å². The van der Waals surface area contributed by atoms with Gasteiger partial charge in [-0.05, 0) is 43.7 Å². The molecule has 0 spiro atoms. The van der Waals surface area contributed by atoms with Crippen molar-refractivity contribution in [3.05, 3.63) is 24.3 Å². The van der Waals surface area contributed by atoms with Gasteiger partial charge in [-0.25, -0.2) is 4.79 Å². The largest absolute Gasteiger partial charge is 0.481 e. The third kappa shape index (κ3) is 4.67. The van der Waals surface area contributed by atoms with Gasteiger partial charge in [-0.3, -0.25) is 4.79 Å². The van der Waals surface area contributed by atoms with Crippen molar-refractivity contribution < 1.29 is 14.7 Å². The van der Waals surface area contributed by atoms with E-state index in [0.29, 0.717) is 12.8 Å². The minimum Gasteiger partial charge on any atom is -0.481 e. The summed E-state index contributed by atoms with van der Waals surface area (Å²) < 4.78 is 0. The molecule has 1 aliphatic rings. The molecule has 0 radical (unpaired) electrons. The van der Waals surface area contributed by atoms with Crippen molar-refractivity contribution in [3.8, 4) is 0 Å². The Hall–Kier alpha value is -1.69. The first-order valence-electron chi connectivity index (χ1n) is 7.03. The highest BCUT2D eigenvalue weighted by Crippen LogP contribution is 2.24. The molecule has 0 saturated heterocycles. The summed E-state index contributed by atoms with van der Waals surface area (Å²) in [5.41, 5.74) is 0.741. The van der Waals surface area contributed by atoms with Crippen LogP contribution in [0.25, 0.3) is 0 Å². The number of rotatable bonds is 4. The highest BCUT2D eigenvalue weighted by atomic mass is 32.2. The summed E-state index contributed by atoms with van der Waals surface area (Å²) in [7, 11) is 0. The van der Waals surface area contributed by atoms with Crippen LogP contribution in [0.1, 0.15) is 25.7 Å². The third-order valence-corrected chi connectivity index (χ3v) is 4.41. The SMILES string of the molecule is CSc1cccc(NC(=O)NC2CCCC(C(=O)O)C2)c1. The van der Waals surface area contributed by atoms with E-state index in [0.717, 1.165) is 23.4 Å². The molecule has 5 nitrogen and oxygen atoms in total. The number of hydrogen-bond acceptors (Lipinski definition) is 3. The zero-order chi connectivity index (χ0) is 15.2. The van der Waals surface area contributed by atoms with Crippen LogP contribution in [0.4, 0.5) is 10.5 Å². The van der Waals surface area contributed by atoms with Gasteiger partial charge in [0.25, 0.3) is 0 Å². The van der Waals surface area contributed by atoms with Gasteiger partial charge in [0.15, 0.2) is 0 Å². The molecular formula is C15H20N2O3S. The van der Waals surface area contributed by atoms with E-state index in [1.54, 1.807) is 11.8 Å². The van der Waals surface area contributed by atoms with E-state index >= 15 is 0 Å². The standard InChI is InChI=1S/C15H20N2O3S/c1-21-13-7-3-6-12(9-13)17-15(20)16-11-5-2-4-10(8-11)14(18)19/h3,6-7,9-11H,2,4-5,8H2,1H3,(H,18,19)(H2,16,17,20). The van der Waals surface area contributed by atoms with E-state index in [2.05, 4.69) is 10.6 Å². The number of carbonyl (C=O) groups excluding carboxylic acids is 1. The minimum atomic E-state index is -0.769. The molecule has 1 aliphatic carbocycles. The van der Waals surface area contributed by atoms with E-state index < -0.39 is 5.97 Å². The normalized spacial score (nSPS) is 21.6. The Morgan fingerprint density at radius 1 is 1.33 bits per heavy atom. The van der Waals surface area contributed by atoms with Crippen molar-refractivity contribution >= 4 is 29.4 Å². The maximum absolute atomic E-state index is 12.0. The van der Waals surface area contributed by atoms with Gasteiger partial charge in [-0.2, -0.15) is 0 Å². The number of benzene rings is 1. The molecule has 6 heteroatoms. The number of amides is 2. The van der Waals surface area contributed by atoms with Crippen molar-refractivity contribution in [2.45, 2.75) is 36.6 Å². The third-order valence-electron chi connectivity index (χ3n) is 3.69. The Labute approximate surface area is 128 Å². The number of carboxylic acids is 1. The first-order chi connectivity index (χ1) is 10.1. The van der Waals surface area contributed by atoms with Gasteiger partial charge in [-0.15, -0.1) is 11.8 Å². The average Bonchev–Trinajstić information content (AvgIpc) is 2.47. The molecule has 1 fully saturated rings. The highest BCUT2D eigenvalue weighted by Gasteiger charge is 2.27. The molecule has 2 atom stereocenters. The maximum Gasteiger partial charge on any atom is 0.319 e. The fraction of sp³-hybridized carbons (Fsp3) is 0.467. The van der Waals surface area contributed by atoms with E-state index in [1.807, 2.05) is 30.5 Å². The van der Waals surface area contributed by atoms with E-state index in [4.69, 9.17) is 5.11 Å². The Bertz CT molecular complexity index is 521.